The van der Waals surface area contributed by atoms with Crippen LogP contribution in [0.4, 0.5) is 0 Å². The van der Waals surface area contributed by atoms with Gasteiger partial charge in [0, 0.05) is 11.8 Å². The Morgan fingerprint density at radius 2 is 1.73 bits per heavy atom. The molecule has 0 bridgehead atoms. The van der Waals surface area contributed by atoms with Gasteiger partial charge in [-0.25, -0.2) is 4.98 Å². The van der Waals surface area contributed by atoms with Crippen LogP contribution in [0.1, 0.15) is 62.0 Å². The Morgan fingerprint density at radius 1 is 1.00 bits per heavy atom. The van der Waals surface area contributed by atoms with Gasteiger partial charge in [-0.15, -0.1) is 0 Å². The van der Waals surface area contributed by atoms with Crippen molar-refractivity contribution in [2.75, 3.05) is 0 Å². The van der Waals surface area contributed by atoms with E-state index in [9.17, 15) is 0 Å². The molecule has 3 heteroatoms. The minimum absolute atomic E-state index is 0.691. The average Bonchev–Trinajstić information content (AvgIpc) is 3.18. The van der Waals surface area contributed by atoms with E-state index in [4.69, 9.17) is 4.98 Å². The molecule has 3 aliphatic carbocycles. The van der Waals surface area contributed by atoms with E-state index >= 15 is 0 Å². The second-order valence-electron chi connectivity index (χ2n) is 5.49. The summed E-state index contributed by atoms with van der Waals surface area (Å²) in [4.78, 5) is 4.69. The van der Waals surface area contributed by atoms with Gasteiger partial charge in [0.25, 0.3) is 0 Å². The molecule has 4 rings (SSSR count). The molecule has 0 spiro atoms. The lowest BCUT2D eigenvalue weighted by Gasteiger charge is -2.04. The molecule has 1 N–H and O–H groups in total. The van der Waals surface area contributed by atoms with E-state index in [1.807, 2.05) is 0 Å². The third-order valence-corrected chi connectivity index (χ3v) is 4.43. The van der Waals surface area contributed by atoms with Gasteiger partial charge in [0.1, 0.15) is 5.82 Å². The minimum atomic E-state index is 0.691. The molecule has 2 atom stereocenters. The molecule has 0 saturated heterocycles. The van der Waals surface area contributed by atoms with Crippen molar-refractivity contribution in [3.63, 3.8) is 0 Å². The van der Waals surface area contributed by atoms with Crippen LogP contribution in [0, 0.1) is 11.8 Å². The van der Waals surface area contributed by atoms with Crippen LogP contribution in [-0.4, -0.2) is 15.2 Å². The largest absolute Gasteiger partial charge is 0.263 e. The fourth-order valence-corrected chi connectivity index (χ4v) is 3.36. The molecule has 0 amide bonds. The molecule has 80 valence electrons. The Labute approximate surface area is 89.7 Å². The van der Waals surface area contributed by atoms with Crippen LogP contribution in [0.2, 0.25) is 0 Å². The first-order valence-corrected chi connectivity index (χ1v) is 6.35. The monoisotopic (exact) mass is 203 g/mol. The number of H-pyrrole nitrogens is 1. The third kappa shape index (κ3) is 1.25. The summed E-state index contributed by atoms with van der Waals surface area (Å²) in [6.45, 7) is 0. The number of fused-ring (bicyclic) bond motifs is 1. The highest BCUT2D eigenvalue weighted by Crippen LogP contribution is 2.60. The fraction of sp³-hybridized carbons (Fsp3) is 0.833. The van der Waals surface area contributed by atoms with Gasteiger partial charge < -0.3 is 0 Å². The smallest absolute Gasteiger partial charge is 0.153 e. The average molecular weight is 203 g/mol. The van der Waals surface area contributed by atoms with Crippen LogP contribution >= 0.6 is 0 Å². The number of nitrogens with one attached hydrogen (secondary N) is 1. The van der Waals surface area contributed by atoms with Gasteiger partial charge in [-0.1, -0.05) is 12.8 Å². The Morgan fingerprint density at radius 3 is 2.40 bits per heavy atom. The molecular formula is C12H17N3. The molecule has 1 aromatic rings. The standard InChI is InChI=1S/C12H17N3/c1-2-4-9-8(3-1)10(9)12-13-11(14-15-12)7-5-6-7/h7-10H,1-6H2,(H,13,14,15). The van der Waals surface area contributed by atoms with Gasteiger partial charge in [-0.2, -0.15) is 5.10 Å². The predicted molar refractivity (Wildman–Crippen MR) is 56.5 cm³/mol. The Hall–Kier alpha value is -0.860. The van der Waals surface area contributed by atoms with Crippen molar-refractivity contribution in [2.24, 2.45) is 11.8 Å². The lowest BCUT2D eigenvalue weighted by atomic mass is 10.0. The maximum absolute atomic E-state index is 4.69. The van der Waals surface area contributed by atoms with Crippen molar-refractivity contribution < 1.29 is 0 Å². The number of hydrogen-bond acceptors (Lipinski definition) is 2. The second-order valence-corrected chi connectivity index (χ2v) is 5.49. The molecule has 15 heavy (non-hydrogen) atoms. The van der Waals surface area contributed by atoms with Crippen molar-refractivity contribution >= 4 is 0 Å². The van der Waals surface area contributed by atoms with Crippen molar-refractivity contribution in [2.45, 2.75) is 50.4 Å². The van der Waals surface area contributed by atoms with Gasteiger partial charge in [0.05, 0.1) is 0 Å². The summed E-state index contributed by atoms with van der Waals surface area (Å²) in [7, 11) is 0. The number of aromatic amines is 1. The summed E-state index contributed by atoms with van der Waals surface area (Å²) < 4.78 is 0. The van der Waals surface area contributed by atoms with Crippen LogP contribution in [-0.2, 0) is 0 Å². The Kier molecular flexibility index (Phi) is 1.57. The highest BCUT2D eigenvalue weighted by atomic mass is 15.2. The zero-order chi connectivity index (χ0) is 9.83. The van der Waals surface area contributed by atoms with Gasteiger partial charge in [-0.05, 0) is 37.5 Å². The first kappa shape index (κ1) is 8.31. The third-order valence-electron chi connectivity index (χ3n) is 4.43. The van der Waals surface area contributed by atoms with Crippen molar-refractivity contribution in [1.29, 1.82) is 0 Å². The van der Waals surface area contributed by atoms with Crippen LogP contribution in [0.15, 0.2) is 0 Å². The van der Waals surface area contributed by atoms with Crippen molar-refractivity contribution in [3.8, 4) is 0 Å². The molecule has 3 saturated carbocycles. The highest BCUT2D eigenvalue weighted by molar-refractivity contribution is 5.18. The zero-order valence-electron chi connectivity index (χ0n) is 8.95. The maximum Gasteiger partial charge on any atom is 0.153 e. The second kappa shape index (κ2) is 2.83. The first-order chi connectivity index (χ1) is 7.43. The lowest BCUT2D eigenvalue weighted by molar-refractivity contribution is 0.480. The normalized spacial score (nSPS) is 38.8. The van der Waals surface area contributed by atoms with E-state index in [0.717, 1.165) is 23.6 Å². The molecule has 1 aromatic heterocycles. The predicted octanol–water partition coefficient (Wildman–Crippen LogP) is 2.59. The van der Waals surface area contributed by atoms with Crippen molar-refractivity contribution in [1.82, 2.24) is 15.2 Å². The first-order valence-electron chi connectivity index (χ1n) is 6.35. The summed E-state index contributed by atoms with van der Waals surface area (Å²) in [6.07, 6.45) is 8.32. The van der Waals surface area contributed by atoms with E-state index < -0.39 is 0 Å². The summed E-state index contributed by atoms with van der Waals surface area (Å²) >= 11 is 0. The van der Waals surface area contributed by atoms with Gasteiger partial charge in [0.15, 0.2) is 5.82 Å². The van der Waals surface area contributed by atoms with Gasteiger partial charge in [-0.3, -0.25) is 5.10 Å². The van der Waals surface area contributed by atoms with Crippen LogP contribution in [0.3, 0.4) is 0 Å². The molecule has 3 fully saturated rings. The quantitative estimate of drug-likeness (QED) is 0.802. The summed E-state index contributed by atoms with van der Waals surface area (Å²) in [5.74, 6) is 5.61. The molecule has 0 radical (unpaired) electrons. The Balaban J connectivity index is 1.56. The fourth-order valence-electron chi connectivity index (χ4n) is 3.36. The van der Waals surface area contributed by atoms with E-state index in [-0.39, 0.29) is 0 Å². The molecule has 3 aliphatic rings. The van der Waals surface area contributed by atoms with Crippen LogP contribution in [0.25, 0.3) is 0 Å². The molecule has 0 aromatic carbocycles. The summed E-state index contributed by atoms with van der Waals surface area (Å²) in [5, 5.41) is 7.55. The van der Waals surface area contributed by atoms with Crippen molar-refractivity contribution in [3.05, 3.63) is 11.6 Å². The SMILES string of the molecule is C1CCC2C(C1)C2c1nc(C2CC2)n[nH]1. The maximum atomic E-state index is 4.69. The molecule has 1 heterocycles. The van der Waals surface area contributed by atoms with Gasteiger partial charge in [0.2, 0.25) is 0 Å². The van der Waals surface area contributed by atoms with Crippen LogP contribution < -0.4 is 0 Å². The summed E-state index contributed by atoms with van der Waals surface area (Å²) in [5.41, 5.74) is 0. The van der Waals surface area contributed by atoms with E-state index in [1.165, 1.54) is 44.3 Å². The van der Waals surface area contributed by atoms with E-state index in [1.54, 1.807) is 0 Å². The molecule has 3 nitrogen and oxygen atoms in total. The highest BCUT2D eigenvalue weighted by Gasteiger charge is 2.53. The molecule has 2 unspecified atom stereocenters. The number of rotatable bonds is 2. The Bertz CT molecular complexity index is 368. The molecule has 0 aliphatic heterocycles. The number of nitrogens with zero attached hydrogens (tertiary/aromatic N) is 2. The molecular weight excluding hydrogens is 186 g/mol. The minimum Gasteiger partial charge on any atom is -0.263 e. The van der Waals surface area contributed by atoms with E-state index in [0.29, 0.717) is 5.92 Å². The van der Waals surface area contributed by atoms with Gasteiger partial charge >= 0.3 is 0 Å². The summed E-state index contributed by atoms with van der Waals surface area (Å²) in [6, 6.07) is 0. The number of aromatic nitrogens is 3. The number of hydrogen-bond donors (Lipinski definition) is 1. The lowest BCUT2D eigenvalue weighted by Crippen LogP contribution is -1.91. The van der Waals surface area contributed by atoms with Crippen LogP contribution in [0.5, 0.6) is 0 Å². The van der Waals surface area contributed by atoms with E-state index in [2.05, 4.69) is 10.2 Å². The topological polar surface area (TPSA) is 41.6 Å². The zero-order valence-corrected chi connectivity index (χ0v) is 8.95.